The van der Waals surface area contributed by atoms with Crippen LogP contribution in [0.1, 0.15) is 44.2 Å². The summed E-state index contributed by atoms with van der Waals surface area (Å²) < 4.78 is 24.0. The Morgan fingerprint density at radius 3 is 2.65 bits per heavy atom. The topological polar surface area (TPSA) is 76.1 Å². The summed E-state index contributed by atoms with van der Waals surface area (Å²) in [5.41, 5.74) is 2.39. The van der Waals surface area contributed by atoms with Gasteiger partial charge in [-0.15, -0.1) is 0 Å². The first-order chi connectivity index (χ1) is 12.2. The molecule has 26 heavy (non-hydrogen) atoms. The molecule has 1 aliphatic rings. The summed E-state index contributed by atoms with van der Waals surface area (Å²) in [5, 5.41) is 2.91. The second kappa shape index (κ2) is 6.83. The quantitative estimate of drug-likeness (QED) is 0.871. The van der Waals surface area contributed by atoms with Crippen molar-refractivity contribution >= 4 is 21.4 Å². The van der Waals surface area contributed by atoms with Crippen molar-refractivity contribution in [2.45, 2.75) is 43.6 Å². The van der Waals surface area contributed by atoms with Crippen LogP contribution in [0.5, 0.6) is 0 Å². The van der Waals surface area contributed by atoms with Gasteiger partial charge in [0.15, 0.2) is 9.84 Å². The summed E-state index contributed by atoms with van der Waals surface area (Å²) >= 11 is 0. The molecule has 138 valence electrons. The van der Waals surface area contributed by atoms with Gasteiger partial charge in [-0.05, 0) is 62.4 Å². The predicted octanol–water partition coefficient (Wildman–Crippen LogP) is 3.54. The van der Waals surface area contributed by atoms with Gasteiger partial charge in [0, 0.05) is 24.0 Å². The maximum absolute atomic E-state index is 12.5. The number of sulfone groups is 1. The summed E-state index contributed by atoms with van der Waals surface area (Å²) in [6.07, 6.45) is 4.34. The lowest BCUT2D eigenvalue weighted by Crippen LogP contribution is -2.29. The zero-order valence-corrected chi connectivity index (χ0v) is 16.1. The maximum atomic E-state index is 12.5. The Hall–Kier alpha value is -2.21. The van der Waals surface area contributed by atoms with Gasteiger partial charge in [-0.25, -0.2) is 8.42 Å². The third-order valence-electron chi connectivity index (χ3n) is 4.72. The summed E-state index contributed by atoms with van der Waals surface area (Å²) in [5.74, 6) is 0.0890. The van der Waals surface area contributed by atoms with Gasteiger partial charge in [0.1, 0.15) is 0 Å². The normalized spacial score (nSPS) is 19.8. The minimum Gasteiger partial charge on any atom is -0.326 e. The van der Waals surface area contributed by atoms with Gasteiger partial charge in [-0.1, -0.05) is 18.2 Å². The van der Waals surface area contributed by atoms with E-state index in [4.69, 9.17) is 0 Å². The number of nitrogens with zero attached hydrogens (tertiary/aromatic N) is 1. The molecule has 0 aliphatic heterocycles. The van der Waals surface area contributed by atoms with Crippen LogP contribution in [0, 0.1) is 5.92 Å². The number of carbonyl (C=O) groups is 1. The van der Waals surface area contributed by atoms with E-state index in [1.54, 1.807) is 57.4 Å². The second-order valence-electron chi connectivity index (χ2n) is 7.80. The number of pyridine rings is 1. The minimum atomic E-state index is -3.26. The van der Waals surface area contributed by atoms with Crippen molar-refractivity contribution in [3.63, 3.8) is 0 Å². The third-order valence-corrected chi connectivity index (χ3v) is 7.30. The van der Waals surface area contributed by atoms with E-state index in [2.05, 4.69) is 10.3 Å². The summed E-state index contributed by atoms with van der Waals surface area (Å²) in [4.78, 5) is 16.6. The Morgan fingerprint density at radius 2 is 2.00 bits per heavy atom. The van der Waals surface area contributed by atoms with Crippen molar-refractivity contribution in [2.24, 2.45) is 5.92 Å². The molecule has 1 amide bonds. The van der Waals surface area contributed by atoms with E-state index in [-0.39, 0.29) is 23.5 Å². The second-order valence-corrected chi connectivity index (χ2v) is 10.5. The number of nitrogens with one attached hydrogen (secondary N) is 1. The average molecular weight is 372 g/mol. The smallest absolute Gasteiger partial charge is 0.228 e. The van der Waals surface area contributed by atoms with Crippen LogP contribution in [0.2, 0.25) is 0 Å². The Kier molecular flexibility index (Phi) is 4.88. The molecule has 3 rings (SSSR count). The van der Waals surface area contributed by atoms with Crippen molar-refractivity contribution in [3.8, 4) is 0 Å². The van der Waals surface area contributed by atoms with Crippen LogP contribution in [-0.2, 0) is 20.4 Å². The molecule has 1 aromatic carbocycles. The standard InChI is InChI=1S/C20H24N2O3S/c1-20(2,3)26(24,25)13-14-6-4-8-16(10-14)22-19(23)18-11-17(18)15-7-5-9-21-12-15/h4-10,12,17-18H,11,13H2,1-3H3,(H,22,23)/t17-,18-/m1/s1. The highest BCUT2D eigenvalue weighted by Crippen LogP contribution is 2.47. The number of benzene rings is 1. The first-order valence-corrected chi connectivity index (χ1v) is 10.3. The molecule has 1 N–H and O–H groups in total. The first kappa shape index (κ1) is 18.6. The number of hydrogen-bond acceptors (Lipinski definition) is 4. The summed E-state index contributed by atoms with van der Waals surface area (Å²) in [6.45, 7) is 5.08. The van der Waals surface area contributed by atoms with E-state index < -0.39 is 14.6 Å². The van der Waals surface area contributed by atoms with E-state index in [0.29, 0.717) is 11.3 Å². The fourth-order valence-electron chi connectivity index (χ4n) is 2.86. The molecule has 0 unspecified atom stereocenters. The van der Waals surface area contributed by atoms with E-state index in [1.165, 1.54) is 0 Å². The molecule has 0 saturated heterocycles. The molecule has 2 aromatic rings. The van der Waals surface area contributed by atoms with Gasteiger partial charge in [-0.3, -0.25) is 9.78 Å². The fraction of sp³-hybridized carbons (Fsp3) is 0.400. The van der Waals surface area contributed by atoms with Gasteiger partial charge in [-0.2, -0.15) is 0 Å². The Labute approximate surface area is 154 Å². The van der Waals surface area contributed by atoms with Crippen molar-refractivity contribution in [1.82, 2.24) is 4.98 Å². The largest absolute Gasteiger partial charge is 0.326 e. The number of rotatable bonds is 5. The molecule has 1 saturated carbocycles. The lowest BCUT2D eigenvalue weighted by Gasteiger charge is -2.19. The molecule has 0 radical (unpaired) electrons. The molecule has 1 aromatic heterocycles. The predicted molar refractivity (Wildman–Crippen MR) is 103 cm³/mol. The van der Waals surface area contributed by atoms with Crippen LogP contribution in [-0.4, -0.2) is 24.1 Å². The highest BCUT2D eigenvalue weighted by Gasteiger charge is 2.44. The summed E-state index contributed by atoms with van der Waals surface area (Å²) in [7, 11) is -3.26. The monoisotopic (exact) mass is 372 g/mol. The Balaban J connectivity index is 1.65. The first-order valence-electron chi connectivity index (χ1n) is 8.69. The van der Waals surface area contributed by atoms with E-state index >= 15 is 0 Å². The summed E-state index contributed by atoms with van der Waals surface area (Å²) in [6, 6.07) is 10.9. The number of hydrogen-bond donors (Lipinski definition) is 1. The molecule has 1 aliphatic carbocycles. The van der Waals surface area contributed by atoms with Crippen LogP contribution in [0.3, 0.4) is 0 Å². The lowest BCUT2D eigenvalue weighted by atomic mass is 10.1. The third kappa shape index (κ3) is 4.12. The molecule has 1 fully saturated rings. The van der Waals surface area contributed by atoms with E-state index in [9.17, 15) is 13.2 Å². The van der Waals surface area contributed by atoms with Crippen molar-refractivity contribution in [2.75, 3.05) is 5.32 Å². The lowest BCUT2D eigenvalue weighted by molar-refractivity contribution is -0.117. The zero-order chi connectivity index (χ0) is 18.9. The van der Waals surface area contributed by atoms with Crippen molar-refractivity contribution in [3.05, 3.63) is 59.9 Å². The van der Waals surface area contributed by atoms with Gasteiger partial charge in [0.05, 0.1) is 10.5 Å². The van der Waals surface area contributed by atoms with Gasteiger partial charge < -0.3 is 5.32 Å². The van der Waals surface area contributed by atoms with E-state index in [1.807, 2.05) is 12.1 Å². The highest BCUT2D eigenvalue weighted by atomic mass is 32.2. The van der Waals surface area contributed by atoms with Crippen LogP contribution >= 0.6 is 0 Å². The Bertz CT molecular complexity index is 902. The number of aromatic nitrogens is 1. The van der Waals surface area contributed by atoms with Gasteiger partial charge in [0.2, 0.25) is 5.91 Å². The maximum Gasteiger partial charge on any atom is 0.228 e. The van der Waals surface area contributed by atoms with Crippen molar-refractivity contribution in [1.29, 1.82) is 0 Å². The van der Waals surface area contributed by atoms with Crippen molar-refractivity contribution < 1.29 is 13.2 Å². The molecular weight excluding hydrogens is 348 g/mol. The van der Waals surface area contributed by atoms with Crippen LogP contribution in [0.15, 0.2) is 48.8 Å². The Morgan fingerprint density at radius 1 is 1.23 bits per heavy atom. The number of anilines is 1. The fourth-order valence-corrected chi connectivity index (χ4v) is 3.91. The molecule has 5 nitrogen and oxygen atoms in total. The molecule has 0 bridgehead atoms. The molecule has 2 atom stereocenters. The number of amides is 1. The van der Waals surface area contributed by atoms with Gasteiger partial charge >= 0.3 is 0 Å². The van der Waals surface area contributed by atoms with Crippen LogP contribution in [0.4, 0.5) is 5.69 Å². The van der Waals surface area contributed by atoms with Crippen LogP contribution in [0.25, 0.3) is 0 Å². The molecule has 0 spiro atoms. The minimum absolute atomic E-state index is 0.0327. The molecule has 1 heterocycles. The van der Waals surface area contributed by atoms with E-state index in [0.717, 1.165) is 12.0 Å². The average Bonchev–Trinajstić information content (AvgIpc) is 3.35. The van der Waals surface area contributed by atoms with Crippen LogP contribution < -0.4 is 5.32 Å². The highest BCUT2D eigenvalue weighted by molar-refractivity contribution is 7.91. The zero-order valence-electron chi connectivity index (χ0n) is 15.3. The SMILES string of the molecule is CC(C)(C)S(=O)(=O)Cc1cccc(NC(=O)[C@@H]2C[C@@H]2c2cccnc2)c1. The van der Waals surface area contributed by atoms with Gasteiger partial charge in [0.25, 0.3) is 0 Å². The molecular formula is C20H24N2O3S. The molecule has 6 heteroatoms. The number of carbonyl (C=O) groups excluding carboxylic acids is 1.